The molecule has 4 aliphatic rings. The van der Waals surface area contributed by atoms with E-state index in [1.54, 1.807) is 0 Å². The number of rotatable bonds is 3. The van der Waals surface area contributed by atoms with Gasteiger partial charge in [-0.15, -0.1) is 0 Å². The Morgan fingerprint density at radius 2 is 1.89 bits per heavy atom. The summed E-state index contributed by atoms with van der Waals surface area (Å²) in [6.07, 6.45) is 5.02. The van der Waals surface area contributed by atoms with E-state index in [0.717, 1.165) is 25.7 Å². The van der Waals surface area contributed by atoms with Gasteiger partial charge in [0.15, 0.2) is 0 Å². The molecule has 2 bridgehead atoms. The smallest absolute Gasteiger partial charge is 0.0487 e. The maximum absolute atomic E-state index is 6.23. The quantitative estimate of drug-likeness (QED) is 0.796. The molecule has 4 rings (SSSR count). The van der Waals surface area contributed by atoms with Gasteiger partial charge in [-0.05, 0) is 51.7 Å². The molecular weight excluding hydrogens is 226 g/mol. The number of fused-ring (bicyclic) bond motifs is 3. The highest BCUT2D eigenvalue weighted by Gasteiger charge is 2.49. The lowest BCUT2D eigenvalue weighted by atomic mass is 9.71. The van der Waals surface area contributed by atoms with Gasteiger partial charge in [0.05, 0.1) is 0 Å². The van der Waals surface area contributed by atoms with Crippen LogP contribution in [0.4, 0.5) is 0 Å². The Bertz CT molecular complexity index is 285. The van der Waals surface area contributed by atoms with Gasteiger partial charge in [-0.25, -0.2) is 0 Å². The fraction of sp³-hybridized carbons (Fsp3) is 1.00. The normalized spacial score (nSPS) is 41.5. The summed E-state index contributed by atoms with van der Waals surface area (Å²) in [4.78, 5) is 5.24. The van der Waals surface area contributed by atoms with Crippen molar-refractivity contribution in [3.05, 3.63) is 0 Å². The van der Waals surface area contributed by atoms with E-state index < -0.39 is 0 Å². The summed E-state index contributed by atoms with van der Waals surface area (Å²) >= 11 is 0. The van der Waals surface area contributed by atoms with Gasteiger partial charge in [0.25, 0.3) is 0 Å². The molecule has 0 spiro atoms. The molecule has 18 heavy (non-hydrogen) atoms. The van der Waals surface area contributed by atoms with Crippen LogP contribution in [0.3, 0.4) is 0 Å². The molecule has 0 saturated carbocycles. The van der Waals surface area contributed by atoms with E-state index in [1.165, 1.54) is 45.3 Å². The fourth-order valence-electron chi connectivity index (χ4n) is 4.36. The molecular formula is C14H27N3O. The molecule has 1 atom stereocenters. The van der Waals surface area contributed by atoms with Crippen molar-refractivity contribution in [2.75, 3.05) is 46.4 Å². The van der Waals surface area contributed by atoms with Crippen LogP contribution in [0.25, 0.3) is 0 Å². The lowest BCUT2D eigenvalue weighted by molar-refractivity contribution is -0.0896. The maximum atomic E-state index is 6.23. The van der Waals surface area contributed by atoms with Gasteiger partial charge in [-0.1, -0.05) is 0 Å². The van der Waals surface area contributed by atoms with Crippen molar-refractivity contribution < 1.29 is 4.74 Å². The van der Waals surface area contributed by atoms with Crippen molar-refractivity contribution in [3.8, 4) is 0 Å². The summed E-state index contributed by atoms with van der Waals surface area (Å²) in [7, 11) is 2.31. The first-order valence-corrected chi connectivity index (χ1v) is 7.49. The van der Waals surface area contributed by atoms with Gasteiger partial charge in [-0.2, -0.15) is 0 Å². The first kappa shape index (κ1) is 12.9. The number of nitrogens with two attached hydrogens (primary N) is 1. The van der Waals surface area contributed by atoms with E-state index in [1.807, 2.05) is 0 Å². The zero-order valence-electron chi connectivity index (χ0n) is 11.6. The summed E-state index contributed by atoms with van der Waals surface area (Å²) in [5.74, 6) is 0.806. The van der Waals surface area contributed by atoms with Crippen LogP contribution in [0.1, 0.15) is 25.7 Å². The number of hydrogen-bond acceptors (Lipinski definition) is 4. The lowest BCUT2D eigenvalue weighted by Crippen LogP contribution is -2.71. The average molecular weight is 253 g/mol. The largest absolute Gasteiger partial charge is 0.381 e. The first-order valence-electron chi connectivity index (χ1n) is 7.49. The van der Waals surface area contributed by atoms with Crippen LogP contribution in [0.2, 0.25) is 0 Å². The second kappa shape index (κ2) is 5.08. The molecule has 4 heterocycles. The summed E-state index contributed by atoms with van der Waals surface area (Å²) in [5, 5.41) is 0. The van der Waals surface area contributed by atoms with Gasteiger partial charge in [0, 0.05) is 37.9 Å². The van der Waals surface area contributed by atoms with E-state index in [9.17, 15) is 0 Å². The molecule has 4 heteroatoms. The summed E-state index contributed by atoms with van der Waals surface area (Å²) < 4.78 is 5.50. The van der Waals surface area contributed by atoms with Crippen molar-refractivity contribution >= 4 is 0 Å². The maximum Gasteiger partial charge on any atom is 0.0487 e. The third kappa shape index (κ3) is 1.99. The second-order valence-electron chi connectivity index (χ2n) is 6.31. The Hall–Kier alpha value is -0.160. The minimum atomic E-state index is 0.235. The van der Waals surface area contributed by atoms with Crippen molar-refractivity contribution in [2.45, 2.75) is 37.3 Å². The number of likely N-dealkylation sites (N-methyl/N-ethyl adjacent to an activating group) is 1. The van der Waals surface area contributed by atoms with Crippen molar-refractivity contribution in [1.82, 2.24) is 9.80 Å². The highest BCUT2D eigenvalue weighted by atomic mass is 16.5. The van der Waals surface area contributed by atoms with Gasteiger partial charge in [0.1, 0.15) is 0 Å². The monoisotopic (exact) mass is 253 g/mol. The first-order chi connectivity index (χ1) is 8.76. The minimum absolute atomic E-state index is 0.235. The van der Waals surface area contributed by atoms with Gasteiger partial charge >= 0.3 is 0 Å². The van der Waals surface area contributed by atoms with E-state index >= 15 is 0 Å². The van der Waals surface area contributed by atoms with E-state index in [4.69, 9.17) is 10.5 Å². The fourth-order valence-corrected chi connectivity index (χ4v) is 4.36. The topological polar surface area (TPSA) is 41.7 Å². The zero-order chi connectivity index (χ0) is 12.6. The predicted molar refractivity (Wildman–Crippen MR) is 72.6 cm³/mol. The number of piperidine rings is 3. The summed E-state index contributed by atoms with van der Waals surface area (Å²) in [5.41, 5.74) is 6.47. The third-order valence-corrected chi connectivity index (χ3v) is 5.64. The molecule has 4 fully saturated rings. The molecule has 4 aliphatic heterocycles. The van der Waals surface area contributed by atoms with Crippen LogP contribution in [0, 0.1) is 5.92 Å². The Morgan fingerprint density at radius 3 is 2.39 bits per heavy atom. The minimum Gasteiger partial charge on any atom is -0.381 e. The van der Waals surface area contributed by atoms with Crippen LogP contribution in [0.5, 0.6) is 0 Å². The van der Waals surface area contributed by atoms with E-state index in [2.05, 4.69) is 16.8 Å². The van der Waals surface area contributed by atoms with Crippen LogP contribution in [0.15, 0.2) is 0 Å². The van der Waals surface area contributed by atoms with Crippen molar-refractivity contribution in [1.29, 1.82) is 0 Å². The SMILES string of the molecule is CN(C1CCOCC1)C1(CN)CN2CCC1CC2. The van der Waals surface area contributed by atoms with Gasteiger partial charge in [-0.3, -0.25) is 4.90 Å². The molecule has 4 nitrogen and oxygen atoms in total. The molecule has 0 aliphatic carbocycles. The zero-order valence-corrected chi connectivity index (χ0v) is 11.6. The molecule has 104 valence electrons. The van der Waals surface area contributed by atoms with Gasteiger partial charge < -0.3 is 15.4 Å². The van der Waals surface area contributed by atoms with Crippen LogP contribution in [-0.4, -0.2) is 67.8 Å². The molecule has 4 saturated heterocycles. The molecule has 0 radical (unpaired) electrons. The highest BCUT2D eigenvalue weighted by Crippen LogP contribution is 2.40. The van der Waals surface area contributed by atoms with Crippen molar-refractivity contribution in [3.63, 3.8) is 0 Å². The number of hydrogen-bond donors (Lipinski definition) is 1. The van der Waals surface area contributed by atoms with Crippen LogP contribution < -0.4 is 5.73 Å². The van der Waals surface area contributed by atoms with Crippen LogP contribution >= 0.6 is 0 Å². The standard InChI is InChI=1S/C14H27N3O/c1-16(13-4-8-18-9-5-13)14(10-15)11-17-6-2-12(14)3-7-17/h12-13H,2-11,15H2,1H3. The Labute approximate surface area is 110 Å². The molecule has 1 unspecified atom stereocenters. The summed E-state index contributed by atoms with van der Waals surface area (Å²) in [6, 6.07) is 0.669. The Morgan fingerprint density at radius 1 is 1.22 bits per heavy atom. The van der Waals surface area contributed by atoms with E-state index in [-0.39, 0.29) is 5.54 Å². The molecule has 2 N–H and O–H groups in total. The molecule has 0 aromatic carbocycles. The highest BCUT2D eigenvalue weighted by molar-refractivity contribution is 5.06. The van der Waals surface area contributed by atoms with Crippen molar-refractivity contribution in [2.24, 2.45) is 11.7 Å². The van der Waals surface area contributed by atoms with Gasteiger partial charge in [0.2, 0.25) is 0 Å². The molecule has 0 amide bonds. The number of ether oxygens (including phenoxy) is 1. The Kier molecular flexibility index (Phi) is 3.63. The van der Waals surface area contributed by atoms with Crippen LogP contribution in [-0.2, 0) is 4.74 Å². The summed E-state index contributed by atoms with van der Waals surface area (Å²) in [6.45, 7) is 6.40. The molecule has 0 aromatic rings. The predicted octanol–water partition coefficient (Wildman–Crippen LogP) is 0.520. The third-order valence-electron chi connectivity index (χ3n) is 5.64. The molecule has 0 aromatic heterocycles. The Balaban J connectivity index is 1.77. The average Bonchev–Trinajstić information content (AvgIpc) is 2.48. The second-order valence-corrected chi connectivity index (χ2v) is 6.31. The van der Waals surface area contributed by atoms with E-state index in [0.29, 0.717) is 6.04 Å². The lowest BCUT2D eigenvalue weighted by Gasteiger charge is -2.59. The number of nitrogens with zero attached hydrogens (tertiary/aromatic N) is 2.